The van der Waals surface area contributed by atoms with Gasteiger partial charge in [0.2, 0.25) is 0 Å². The number of amides is 2. The van der Waals surface area contributed by atoms with E-state index in [2.05, 4.69) is 22.5 Å². The van der Waals surface area contributed by atoms with E-state index in [-0.39, 0.29) is 23.9 Å². The van der Waals surface area contributed by atoms with Gasteiger partial charge in [-0.05, 0) is 81.8 Å². The molecular formula is C34H39N5O3S. The highest BCUT2D eigenvalue weighted by Gasteiger charge is 2.35. The Bertz CT molecular complexity index is 1550. The van der Waals surface area contributed by atoms with E-state index in [0.29, 0.717) is 30.1 Å². The Morgan fingerprint density at radius 2 is 1.84 bits per heavy atom. The van der Waals surface area contributed by atoms with Gasteiger partial charge in [-0.3, -0.25) is 9.59 Å². The standard InChI is InChI=1S/C34H39N5O3S/c1-22-12-13-28(35-22)31(40)29(17-24-9-4-3-5-10-24)37-32(41)25-18-26(20-27(19-25)38-14-6-7-15-38)34(42)39-16-8-11-30(39)33-36-23(2)21-43-33/h3-7,9-10,14-15,18-22,28-31,35,40H,8,11-13,16-17H2,1-2H3,(H,37,41)/t22-,28-,29?,30-,31-/m1/s1. The number of aryl methyl sites for hydroxylation is 1. The van der Waals surface area contributed by atoms with Crippen LogP contribution >= 0.6 is 11.3 Å². The third-order valence-electron chi connectivity index (χ3n) is 8.61. The summed E-state index contributed by atoms with van der Waals surface area (Å²) in [6, 6.07) is 18.7. The molecule has 2 aliphatic rings. The number of nitrogens with one attached hydrogen (secondary N) is 2. The lowest BCUT2D eigenvalue weighted by atomic mass is 9.95. The summed E-state index contributed by atoms with van der Waals surface area (Å²) in [6.45, 7) is 4.73. The minimum absolute atomic E-state index is 0.0644. The van der Waals surface area contributed by atoms with Crippen LogP contribution in [0, 0.1) is 6.92 Å². The van der Waals surface area contributed by atoms with Gasteiger partial charge in [-0.1, -0.05) is 30.3 Å². The van der Waals surface area contributed by atoms with Crippen LogP contribution < -0.4 is 10.6 Å². The monoisotopic (exact) mass is 597 g/mol. The smallest absolute Gasteiger partial charge is 0.254 e. The number of hydrogen-bond donors (Lipinski definition) is 3. The molecule has 4 aromatic rings. The van der Waals surface area contributed by atoms with Crippen LogP contribution in [0.15, 0.2) is 78.4 Å². The Hall–Kier alpha value is -3.79. The molecule has 3 N–H and O–H groups in total. The van der Waals surface area contributed by atoms with E-state index in [0.717, 1.165) is 47.6 Å². The van der Waals surface area contributed by atoms with Gasteiger partial charge >= 0.3 is 0 Å². The molecule has 0 aliphatic carbocycles. The van der Waals surface area contributed by atoms with Crippen LogP contribution in [0.25, 0.3) is 5.69 Å². The van der Waals surface area contributed by atoms with Gasteiger partial charge in [0.1, 0.15) is 5.01 Å². The molecule has 9 heteroatoms. The molecule has 2 aromatic heterocycles. The van der Waals surface area contributed by atoms with Crippen molar-refractivity contribution in [3.63, 3.8) is 0 Å². The van der Waals surface area contributed by atoms with Crippen LogP contribution in [0.1, 0.15) is 75.6 Å². The highest BCUT2D eigenvalue weighted by Crippen LogP contribution is 2.35. The zero-order valence-corrected chi connectivity index (χ0v) is 25.5. The molecule has 2 aliphatic heterocycles. The number of aliphatic hydroxyl groups is 1. The molecule has 0 bridgehead atoms. The molecule has 2 aromatic carbocycles. The first-order valence-electron chi connectivity index (χ1n) is 15.2. The van der Waals surface area contributed by atoms with E-state index in [4.69, 9.17) is 0 Å². The summed E-state index contributed by atoms with van der Waals surface area (Å²) in [6.07, 6.45) is 7.13. The number of nitrogens with zero attached hydrogens (tertiary/aromatic N) is 3. The predicted molar refractivity (Wildman–Crippen MR) is 169 cm³/mol. The second-order valence-corrected chi connectivity index (χ2v) is 12.7. The maximum atomic E-state index is 14.0. The zero-order chi connectivity index (χ0) is 29.9. The molecule has 224 valence electrons. The van der Waals surface area contributed by atoms with Crippen molar-refractivity contribution in [3.05, 3.63) is 106 Å². The first-order chi connectivity index (χ1) is 20.9. The highest BCUT2D eigenvalue weighted by atomic mass is 32.1. The number of benzene rings is 2. The van der Waals surface area contributed by atoms with Gasteiger partial charge < -0.3 is 25.2 Å². The summed E-state index contributed by atoms with van der Waals surface area (Å²) in [5.74, 6) is -0.425. The molecule has 43 heavy (non-hydrogen) atoms. The van der Waals surface area contributed by atoms with Crippen molar-refractivity contribution in [2.75, 3.05) is 6.54 Å². The van der Waals surface area contributed by atoms with Crippen LogP contribution in [0.4, 0.5) is 0 Å². The number of likely N-dealkylation sites (tertiary alicyclic amines) is 1. The highest BCUT2D eigenvalue weighted by molar-refractivity contribution is 7.09. The third kappa shape index (κ3) is 6.59. The Morgan fingerprint density at radius 1 is 1.07 bits per heavy atom. The lowest BCUT2D eigenvalue weighted by Gasteiger charge is -2.29. The van der Waals surface area contributed by atoms with Crippen molar-refractivity contribution < 1.29 is 14.7 Å². The lowest BCUT2D eigenvalue weighted by molar-refractivity contribution is 0.0730. The molecule has 0 saturated carbocycles. The fourth-order valence-electron chi connectivity index (χ4n) is 6.37. The summed E-state index contributed by atoms with van der Waals surface area (Å²) in [4.78, 5) is 34.5. The van der Waals surface area contributed by atoms with Gasteiger partial charge in [0.25, 0.3) is 11.8 Å². The predicted octanol–water partition coefficient (Wildman–Crippen LogP) is 5.06. The fourth-order valence-corrected chi connectivity index (χ4v) is 7.31. The molecule has 4 heterocycles. The average Bonchev–Trinajstić information content (AvgIpc) is 3.84. The SMILES string of the molecule is Cc1csc([C@H]2CCCN2C(=O)c2cc(C(=O)NC(Cc3ccccc3)[C@H](O)[C@H]3CC[C@@H](C)N3)cc(-n3cccc3)c2)n1. The first kappa shape index (κ1) is 29.3. The van der Waals surface area contributed by atoms with Crippen LogP contribution in [-0.4, -0.2) is 62.1 Å². The van der Waals surface area contributed by atoms with Crippen molar-refractivity contribution in [1.29, 1.82) is 0 Å². The van der Waals surface area contributed by atoms with Gasteiger partial charge in [-0.15, -0.1) is 11.3 Å². The van der Waals surface area contributed by atoms with E-state index < -0.39 is 12.1 Å². The fraction of sp³-hybridized carbons (Fsp3) is 0.382. The Balaban J connectivity index is 1.30. The number of hydrogen-bond acceptors (Lipinski definition) is 6. The molecule has 5 atom stereocenters. The van der Waals surface area contributed by atoms with Crippen molar-refractivity contribution in [1.82, 2.24) is 25.1 Å². The lowest BCUT2D eigenvalue weighted by Crippen LogP contribution is -2.53. The molecule has 0 spiro atoms. The third-order valence-corrected chi connectivity index (χ3v) is 9.68. The topological polar surface area (TPSA) is 99.5 Å². The van der Waals surface area contributed by atoms with E-state index >= 15 is 0 Å². The van der Waals surface area contributed by atoms with Crippen LogP contribution in [-0.2, 0) is 6.42 Å². The Kier molecular flexibility index (Phi) is 8.74. The Labute approximate surface area is 256 Å². The second kappa shape index (κ2) is 12.8. The first-order valence-corrected chi connectivity index (χ1v) is 16.0. The number of carbonyl (C=O) groups excluding carboxylic acids is 2. The average molecular weight is 598 g/mol. The number of carbonyl (C=O) groups is 2. The number of aromatic nitrogens is 2. The van der Waals surface area contributed by atoms with Gasteiger partial charge in [0.15, 0.2) is 0 Å². The summed E-state index contributed by atoms with van der Waals surface area (Å²) in [5.41, 5.74) is 3.57. The number of aliphatic hydroxyl groups excluding tert-OH is 1. The largest absolute Gasteiger partial charge is 0.389 e. The van der Waals surface area contributed by atoms with E-state index in [1.807, 2.05) is 82.7 Å². The summed E-state index contributed by atoms with van der Waals surface area (Å²) >= 11 is 1.59. The summed E-state index contributed by atoms with van der Waals surface area (Å²) < 4.78 is 1.90. The second-order valence-electron chi connectivity index (χ2n) is 11.9. The number of thiazole rings is 1. The number of rotatable bonds is 9. The van der Waals surface area contributed by atoms with Crippen LogP contribution in [0.3, 0.4) is 0 Å². The van der Waals surface area contributed by atoms with Crippen molar-refractivity contribution in [2.45, 2.75) is 76.2 Å². The molecular weight excluding hydrogens is 558 g/mol. The summed E-state index contributed by atoms with van der Waals surface area (Å²) in [5, 5.41) is 21.1. The van der Waals surface area contributed by atoms with Crippen molar-refractivity contribution in [3.8, 4) is 5.69 Å². The van der Waals surface area contributed by atoms with E-state index in [1.54, 1.807) is 23.5 Å². The van der Waals surface area contributed by atoms with Gasteiger partial charge in [0.05, 0.1) is 18.2 Å². The van der Waals surface area contributed by atoms with Gasteiger partial charge in [-0.25, -0.2) is 4.98 Å². The zero-order valence-electron chi connectivity index (χ0n) is 24.6. The maximum Gasteiger partial charge on any atom is 0.254 e. The maximum absolute atomic E-state index is 14.0. The molecule has 1 unspecified atom stereocenters. The molecule has 2 fully saturated rings. The Morgan fingerprint density at radius 3 is 2.53 bits per heavy atom. The van der Waals surface area contributed by atoms with Gasteiger partial charge in [0, 0.05) is 58.9 Å². The van der Waals surface area contributed by atoms with Crippen molar-refractivity contribution in [2.24, 2.45) is 0 Å². The molecule has 8 nitrogen and oxygen atoms in total. The molecule has 2 saturated heterocycles. The molecule has 6 rings (SSSR count). The summed E-state index contributed by atoms with van der Waals surface area (Å²) in [7, 11) is 0. The van der Waals surface area contributed by atoms with Gasteiger partial charge in [-0.2, -0.15) is 0 Å². The van der Waals surface area contributed by atoms with Crippen molar-refractivity contribution >= 4 is 23.2 Å². The molecule has 0 radical (unpaired) electrons. The normalized spacial score (nSPS) is 21.6. The van der Waals surface area contributed by atoms with Crippen LogP contribution in [0.5, 0.6) is 0 Å². The minimum atomic E-state index is -0.769. The van der Waals surface area contributed by atoms with E-state index in [1.165, 1.54) is 0 Å². The quantitative estimate of drug-likeness (QED) is 0.251. The van der Waals surface area contributed by atoms with E-state index in [9.17, 15) is 14.7 Å². The minimum Gasteiger partial charge on any atom is -0.389 e. The molecule has 2 amide bonds. The van der Waals surface area contributed by atoms with Crippen LogP contribution in [0.2, 0.25) is 0 Å².